The molecule has 0 radical (unpaired) electrons. The van der Waals surface area contributed by atoms with Crippen LogP contribution in [-0.4, -0.2) is 22.6 Å². The predicted octanol–water partition coefficient (Wildman–Crippen LogP) is 6.37. The third-order valence-electron chi connectivity index (χ3n) is 12.9. The summed E-state index contributed by atoms with van der Waals surface area (Å²) in [5, 5.41) is 20.4. The lowest BCUT2D eigenvalue weighted by molar-refractivity contribution is -0.225. The van der Waals surface area contributed by atoms with Crippen molar-refractivity contribution in [3.05, 3.63) is 11.6 Å². The largest absolute Gasteiger partial charge is 0.481 e. The highest BCUT2D eigenvalue weighted by molar-refractivity contribution is 6.04. The second-order valence-corrected chi connectivity index (χ2v) is 15.1. The highest BCUT2D eigenvalue weighted by atomic mass is 16.4. The molecular weight excluding hydrogens is 450 g/mol. The number of Topliss-reactive ketones (excluding diaryl/α,β-unsaturated/α-hetero) is 2. The van der Waals surface area contributed by atoms with Crippen LogP contribution in [0.15, 0.2) is 11.6 Å². The Morgan fingerprint density at radius 3 is 2.19 bits per heavy atom. The Balaban J connectivity index is 1.65. The van der Waals surface area contributed by atoms with Crippen LogP contribution in [-0.2, 0) is 14.4 Å². The van der Waals surface area contributed by atoms with E-state index in [1.807, 2.05) is 19.9 Å². The van der Waals surface area contributed by atoms with Crippen LogP contribution in [0.25, 0.3) is 0 Å². The smallest absolute Gasteiger partial charge is 0.309 e. The number of aliphatic carboxylic acids is 1. The van der Waals surface area contributed by atoms with Gasteiger partial charge < -0.3 is 5.11 Å². The Kier molecular flexibility index (Phi) is 5.23. The van der Waals surface area contributed by atoms with E-state index in [-0.39, 0.29) is 57.1 Å². The van der Waals surface area contributed by atoms with E-state index in [0.29, 0.717) is 19.3 Å². The molecule has 0 saturated heterocycles. The van der Waals surface area contributed by atoms with Crippen LogP contribution in [0.4, 0.5) is 0 Å². The molecular formula is C31H43NO4. The minimum absolute atomic E-state index is 0.0295. The zero-order valence-electron chi connectivity index (χ0n) is 23.2. The molecule has 4 saturated carbocycles. The molecule has 8 atom stereocenters. The number of carboxylic acids is 1. The molecule has 4 fully saturated rings. The number of carboxylic acid groups (broad SMARTS) is 1. The lowest BCUT2D eigenvalue weighted by Gasteiger charge is -2.71. The van der Waals surface area contributed by atoms with Crippen LogP contribution in [0.2, 0.25) is 0 Å². The summed E-state index contributed by atoms with van der Waals surface area (Å²) in [5.41, 5.74) is -2.07. The first kappa shape index (κ1) is 25.7. The Morgan fingerprint density at radius 1 is 0.944 bits per heavy atom. The summed E-state index contributed by atoms with van der Waals surface area (Å²) in [6.45, 7) is 15.2. The Hall–Kier alpha value is -1.96. The summed E-state index contributed by atoms with van der Waals surface area (Å²) in [6, 6.07) is 2.18. The van der Waals surface area contributed by atoms with Gasteiger partial charge in [-0.2, -0.15) is 5.26 Å². The van der Waals surface area contributed by atoms with Gasteiger partial charge in [0, 0.05) is 17.8 Å². The molecule has 0 amide bonds. The molecule has 5 aliphatic rings. The molecule has 0 aliphatic heterocycles. The first-order valence-corrected chi connectivity index (χ1v) is 13.9. The van der Waals surface area contributed by atoms with Crippen molar-refractivity contribution in [3.8, 4) is 6.07 Å². The second-order valence-electron chi connectivity index (χ2n) is 15.1. The van der Waals surface area contributed by atoms with Gasteiger partial charge in [0.1, 0.15) is 11.9 Å². The number of carbonyl (C=O) groups excluding carboxylic acids is 2. The number of nitrogens with zero attached hydrogens (tertiary/aromatic N) is 1. The third-order valence-corrected chi connectivity index (χ3v) is 12.9. The number of fused-ring (bicyclic) bond motifs is 7. The van der Waals surface area contributed by atoms with Crippen molar-refractivity contribution in [3.63, 3.8) is 0 Å². The van der Waals surface area contributed by atoms with Crippen molar-refractivity contribution in [1.82, 2.24) is 0 Å². The van der Waals surface area contributed by atoms with Crippen molar-refractivity contribution in [2.75, 3.05) is 0 Å². The van der Waals surface area contributed by atoms with Crippen molar-refractivity contribution in [2.45, 2.75) is 99.8 Å². The normalized spacial score (nSPS) is 48.9. The van der Waals surface area contributed by atoms with Crippen LogP contribution in [0.5, 0.6) is 0 Å². The maximum Gasteiger partial charge on any atom is 0.309 e. The van der Waals surface area contributed by atoms with E-state index >= 15 is 0 Å². The SMILES string of the molecule is CC1(C)CC[C@]2(C(=O)O)CC[C@]3(C)[C@H](C(=O)CC4[C@@]5(C)C=C(C#N)C(=O)C(C)(C)[C@@H]5CC[C@]43C)[C@@H]2C1. The van der Waals surface area contributed by atoms with Gasteiger partial charge in [0.2, 0.25) is 0 Å². The van der Waals surface area contributed by atoms with E-state index in [4.69, 9.17) is 0 Å². The highest BCUT2D eigenvalue weighted by Crippen LogP contribution is 2.75. The highest BCUT2D eigenvalue weighted by Gasteiger charge is 2.73. The zero-order valence-corrected chi connectivity index (χ0v) is 23.2. The first-order valence-electron chi connectivity index (χ1n) is 13.9. The molecule has 1 N–H and O–H groups in total. The number of carbonyl (C=O) groups is 3. The summed E-state index contributed by atoms with van der Waals surface area (Å²) in [6.07, 6.45) is 7.87. The molecule has 0 heterocycles. The Labute approximate surface area is 216 Å². The standard InChI is InChI=1S/C31H43NO4/c1-26(2)10-12-31(25(35)36)13-11-30(7)23(19(31)16-26)20(33)14-22-28(5)15-18(17-32)24(34)27(3,4)21(28)8-9-29(22,30)6/h15,19,21-23H,8-14,16H2,1-7H3,(H,35,36)/t19-,21-,22?,23-,28-,29+,30+,31-/m0/s1. The van der Waals surface area contributed by atoms with E-state index in [2.05, 4.69) is 40.7 Å². The van der Waals surface area contributed by atoms with Gasteiger partial charge in [0.05, 0.1) is 11.0 Å². The number of hydrogen-bond acceptors (Lipinski definition) is 4. The molecule has 5 nitrogen and oxygen atoms in total. The summed E-state index contributed by atoms with van der Waals surface area (Å²) >= 11 is 0. The van der Waals surface area contributed by atoms with Gasteiger partial charge in [0.25, 0.3) is 0 Å². The zero-order chi connectivity index (χ0) is 26.7. The van der Waals surface area contributed by atoms with E-state index < -0.39 is 22.2 Å². The minimum atomic E-state index is -0.799. The maximum absolute atomic E-state index is 14.3. The van der Waals surface area contributed by atoms with Gasteiger partial charge in [0.15, 0.2) is 5.78 Å². The van der Waals surface area contributed by atoms with Gasteiger partial charge in [-0.1, -0.05) is 54.5 Å². The van der Waals surface area contributed by atoms with Gasteiger partial charge in [-0.15, -0.1) is 0 Å². The maximum atomic E-state index is 14.3. The fourth-order valence-electron chi connectivity index (χ4n) is 10.7. The van der Waals surface area contributed by atoms with E-state index in [1.165, 1.54) is 0 Å². The van der Waals surface area contributed by atoms with Crippen molar-refractivity contribution in [2.24, 2.45) is 56.2 Å². The van der Waals surface area contributed by atoms with Crippen molar-refractivity contribution in [1.29, 1.82) is 5.26 Å². The van der Waals surface area contributed by atoms with Crippen LogP contribution in [0.3, 0.4) is 0 Å². The fraction of sp³-hybridized carbons (Fsp3) is 0.806. The molecule has 0 aromatic rings. The number of hydrogen-bond donors (Lipinski definition) is 1. The molecule has 0 aromatic carbocycles. The number of ketones is 2. The number of allylic oxidation sites excluding steroid dienone is 2. The minimum Gasteiger partial charge on any atom is -0.481 e. The van der Waals surface area contributed by atoms with Gasteiger partial charge in [-0.05, 0) is 84.4 Å². The Morgan fingerprint density at radius 2 is 1.58 bits per heavy atom. The topological polar surface area (TPSA) is 95.2 Å². The average Bonchev–Trinajstić information content (AvgIpc) is 2.77. The number of rotatable bonds is 1. The molecule has 0 spiro atoms. The van der Waals surface area contributed by atoms with Crippen LogP contribution >= 0.6 is 0 Å². The molecule has 36 heavy (non-hydrogen) atoms. The molecule has 196 valence electrons. The fourth-order valence-corrected chi connectivity index (χ4v) is 10.7. The monoisotopic (exact) mass is 493 g/mol. The molecule has 1 unspecified atom stereocenters. The summed E-state index contributed by atoms with van der Waals surface area (Å²) in [4.78, 5) is 40.3. The van der Waals surface area contributed by atoms with Crippen molar-refractivity contribution >= 4 is 17.5 Å². The first-order chi connectivity index (χ1) is 16.5. The predicted molar refractivity (Wildman–Crippen MR) is 137 cm³/mol. The van der Waals surface area contributed by atoms with Crippen LogP contribution < -0.4 is 0 Å². The molecule has 5 rings (SSSR count). The molecule has 0 aromatic heterocycles. The summed E-state index contributed by atoms with van der Waals surface area (Å²) in [7, 11) is 0. The lowest BCUT2D eigenvalue weighted by Crippen LogP contribution is -2.69. The molecule has 0 bridgehead atoms. The third kappa shape index (κ3) is 2.91. The van der Waals surface area contributed by atoms with Gasteiger partial charge in [-0.3, -0.25) is 14.4 Å². The molecule has 5 heteroatoms. The van der Waals surface area contributed by atoms with E-state index in [1.54, 1.807) is 0 Å². The lowest BCUT2D eigenvalue weighted by atomic mass is 9.31. The van der Waals surface area contributed by atoms with Crippen LogP contribution in [0.1, 0.15) is 99.8 Å². The van der Waals surface area contributed by atoms with Crippen LogP contribution in [0, 0.1) is 67.5 Å². The van der Waals surface area contributed by atoms with Gasteiger partial charge in [-0.25, -0.2) is 0 Å². The Bertz CT molecular complexity index is 1130. The number of nitriles is 1. The molecule has 5 aliphatic carbocycles. The van der Waals surface area contributed by atoms with E-state index in [0.717, 1.165) is 32.1 Å². The van der Waals surface area contributed by atoms with Crippen molar-refractivity contribution < 1.29 is 19.5 Å². The average molecular weight is 494 g/mol. The van der Waals surface area contributed by atoms with E-state index in [9.17, 15) is 24.8 Å². The quantitative estimate of drug-likeness (QED) is 0.458. The second kappa shape index (κ2) is 7.33. The van der Waals surface area contributed by atoms with Gasteiger partial charge >= 0.3 is 5.97 Å². The summed E-state index contributed by atoms with van der Waals surface area (Å²) < 4.78 is 0. The summed E-state index contributed by atoms with van der Waals surface area (Å²) in [5.74, 6) is -0.843.